The van der Waals surface area contributed by atoms with E-state index in [2.05, 4.69) is 6.07 Å². The molecule has 1 rings (SSSR count). The number of rotatable bonds is 5. The van der Waals surface area contributed by atoms with E-state index in [0.29, 0.717) is 0 Å². The van der Waals surface area contributed by atoms with Gasteiger partial charge in [-0.25, -0.2) is 0 Å². The van der Waals surface area contributed by atoms with E-state index in [1.165, 1.54) is 0 Å². The molecule has 3 heteroatoms. The highest BCUT2D eigenvalue weighted by molar-refractivity contribution is 7.99. The standard InChI is InChI=1S/C13H17NOS/c1-13(2,10-14)8-9-16-12-7-5-4-6-11(12)15-3/h4-7H,8-9H2,1-3H3. The number of nitriles is 1. The molecule has 0 unspecified atom stereocenters. The highest BCUT2D eigenvalue weighted by Gasteiger charge is 2.16. The Morgan fingerprint density at radius 3 is 2.69 bits per heavy atom. The molecule has 0 saturated heterocycles. The summed E-state index contributed by atoms with van der Waals surface area (Å²) in [7, 11) is 1.68. The molecule has 0 fully saturated rings. The number of hydrogen-bond acceptors (Lipinski definition) is 3. The van der Waals surface area contributed by atoms with Crippen LogP contribution in [0.5, 0.6) is 5.75 Å². The molecular formula is C13H17NOS. The van der Waals surface area contributed by atoms with Gasteiger partial charge < -0.3 is 4.74 Å². The molecule has 0 bridgehead atoms. The van der Waals surface area contributed by atoms with Crippen LogP contribution in [0.4, 0.5) is 0 Å². The van der Waals surface area contributed by atoms with Gasteiger partial charge in [0.15, 0.2) is 0 Å². The van der Waals surface area contributed by atoms with Crippen LogP contribution in [0.2, 0.25) is 0 Å². The van der Waals surface area contributed by atoms with Gasteiger partial charge in [0, 0.05) is 4.90 Å². The van der Waals surface area contributed by atoms with E-state index in [9.17, 15) is 0 Å². The summed E-state index contributed by atoms with van der Waals surface area (Å²) in [5, 5.41) is 8.91. The number of para-hydroxylation sites is 1. The number of thioether (sulfide) groups is 1. The summed E-state index contributed by atoms with van der Waals surface area (Å²) in [5.41, 5.74) is -0.241. The summed E-state index contributed by atoms with van der Waals surface area (Å²) >= 11 is 1.74. The van der Waals surface area contributed by atoms with Crippen LogP contribution in [-0.4, -0.2) is 12.9 Å². The van der Waals surface area contributed by atoms with Crippen molar-refractivity contribution in [3.8, 4) is 11.8 Å². The fourth-order valence-corrected chi connectivity index (χ4v) is 2.51. The van der Waals surface area contributed by atoms with Crippen molar-refractivity contribution >= 4 is 11.8 Å². The van der Waals surface area contributed by atoms with Crippen molar-refractivity contribution in [2.24, 2.45) is 5.41 Å². The van der Waals surface area contributed by atoms with Gasteiger partial charge in [0.2, 0.25) is 0 Å². The quantitative estimate of drug-likeness (QED) is 0.729. The molecule has 1 aromatic carbocycles. The molecule has 0 aliphatic carbocycles. The molecule has 2 nitrogen and oxygen atoms in total. The van der Waals surface area contributed by atoms with Gasteiger partial charge in [-0.2, -0.15) is 5.26 Å². The van der Waals surface area contributed by atoms with E-state index in [-0.39, 0.29) is 5.41 Å². The Hall–Kier alpha value is -1.14. The van der Waals surface area contributed by atoms with E-state index < -0.39 is 0 Å². The van der Waals surface area contributed by atoms with Gasteiger partial charge in [0.05, 0.1) is 18.6 Å². The number of hydrogen-bond donors (Lipinski definition) is 0. The van der Waals surface area contributed by atoms with Crippen LogP contribution in [0.3, 0.4) is 0 Å². The Balaban J connectivity index is 2.53. The first-order valence-corrected chi connectivity index (χ1v) is 6.25. The molecule has 0 N–H and O–H groups in total. The maximum absolute atomic E-state index is 8.91. The van der Waals surface area contributed by atoms with E-state index in [0.717, 1.165) is 22.8 Å². The molecule has 16 heavy (non-hydrogen) atoms. The van der Waals surface area contributed by atoms with Crippen LogP contribution in [-0.2, 0) is 0 Å². The minimum Gasteiger partial charge on any atom is -0.496 e. The molecule has 86 valence electrons. The minimum atomic E-state index is -0.241. The second-order valence-corrected chi connectivity index (χ2v) is 5.38. The van der Waals surface area contributed by atoms with Gasteiger partial charge in [-0.15, -0.1) is 11.8 Å². The Morgan fingerprint density at radius 2 is 2.06 bits per heavy atom. The fraction of sp³-hybridized carbons (Fsp3) is 0.462. The molecular weight excluding hydrogens is 218 g/mol. The molecule has 0 radical (unpaired) electrons. The molecule has 0 aliphatic rings. The van der Waals surface area contributed by atoms with Crippen molar-refractivity contribution in [3.05, 3.63) is 24.3 Å². The van der Waals surface area contributed by atoms with E-state index >= 15 is 0 Å². The molecule has 0 saturated carbocycles. The Labute approximate surface area is 102 Å². The topological polar surface area (TPSA) is 33.0 Å². The molecule has 0 spiro atoms. The molecule has 0 aliphatic heterocycles. The highest BCUT2D eigenvalue weighted by Crippen LogP contribution is 2.31. The number of nitrogens with zero attached hydrogens (tertiary/aromatic N) is 1. The minimum absolute atomic E-state index is 0.241. The monoisotopic (exact) mass is 235 g/mol. The van der Waals surface area contributed by atoms with Crippen LogP contribution in [0.25, 0.3) is 0 Å². The second-order valence-electron chi connectivity index (χ2n) is 4.25. The Kier molecular flexibility index (Phi) is 4.70. The zero-order valence-electron chi connectivity index (χ0n) is 9.99. The molecule has 0 amide bonds. The van der Waals surface area contributed by atoms with E-state index in [1.54, 1.807) is 18.9 Å². The summed E-state index contributed by atoms with van der Waals surface area (Å²) in [4.78, 5) is 1.14. The van der Waals surface area contributed by atoms with Gasteiger partial charge in [-0.1, -0.05) is 12.1 Å². The van der Waals surface area contributed by atoms with E-state index in [4.69, 9.17) is 10.00 Å². The first-order valence-electron chi connectivity index (χ1n) is 5.26. The predicted molar refractivity (Wildman–Crippen MR) is 67.7 cm³/mol. The largest absolute Gasteiger partial charge is 0.496 e. The molecule has 1 aromatic rings. The van der Waals surface area contributed by atoms with Crippen LogP contribution in [0.15, 0.2) is 29.2 Å². The first-order chi connectivity index (χ1) is 7.59. The summed E-state index contributed by atoms with van der Waals surface area (Å²) in [6, 6.07) is 10.3. The molecule has 0 heterocycles. The Bertz CT molecular complexity index is 382. The van der Waals surface area contributed by atoms with Crippen molar-refractivity contribution in [3.63, 3.8) is 0 Å². The average Bonchev–Trinajstić information content (AvgIpc) is 2.29. The lowest BCUT2D eigenvalue weighted by atomic mass is 9.93. The van der Waals surface area contributed by atoms with Gasteiger partial charge in [-0.05, 0) is 38.2 Å². The third-order valence-electron chi connectivity index (χ3n) is 2.36. The van der Waals surface area contributed by atoms with Crippen molar-refractivity contribution in [2.45, 2.75) is 25.2 Å². The smallest absolute Gasteiger partial charge is 0.132 e. The third-order valence-corrected chi connectivity index (χ3v) is 3.41. The maximum atomic E-state index is 8.91. The molecule has 0 aromatic heterocycles. The molecule has 0 atom stereocenters. The van der Waals surface area contributed by atoms with Gasteiger partial charge in [-0.3, -0.25) is 0 Å². The highest BCUT2D eigenvalue weighted by atomic mass is 32.2. The fourth-order valence-electron chi connectivity index (χ4n) is 1.21. The Morgan fingerprint density at radius 1 is 1.38 bits per heavy atom. The maximum Gasteiger partial charge on any atom is 0.132 e. The van der Waals surface area contributed by atoms with E-state index in [1.807, 2.05) is 38.1 Å². The lowest BCUT2D eigenvalue weighted by Crippen LogP contribution is -2.08. The zero-order valence-corrected chi connectivity index (χ0v) is 10.8. The lowest BCUT2D eigenvalue weighted by molar-refractivity contribution is 0.404. The summed E-state index contributed by atoms with van der Waals surface area (Å²) in [6.45, 7) is 3.94. The van der Waals surface area contributed by atoms with Crippen molar-refractivity contribution in [1.82, 2.24) is 0 Å². The number of methoxy groups -OCH3 is 1. The average molecular weight is 235 g/mol. The van der Waals surface area contributed by atoms with Gasteiger partial charge in [0.25, 0.3) is 0 Å². The summed E-state index contributed by atoms with van der Waals surface area (Å²) < 4.78 is 5.27. The normalized spacial score (nSPS) is 10.9. The summed E-state index contributed by atoms with van der Waals surface area (Å²) in [6.07, 6.45) is 0.881. The zero-order chi connectivity index (χ0) is 12.0. The van der Waals surface area contributed by atoms with Crippen LogP contribution >= 0.6 is 11.8 Å². The number of ether oxygens (including phenoxy) is 1. The lowest BCUT2D eigenvalue weighted by Gasteiger charge is -2.14. The van der Waals surface area contributed by atoms with Crippen molar-refractivity contribution < 1.29 is 4.74 Å². The third kappa shape index (κ3) is 3.79. The SMILES string of the molecule is COc1ccccc1SCCC(C)(C)C#N. The van der Waals surface area contributed by atoms with Crippen molar-refractivity contribution in [1.29, 1.82) is 5.26 Å². The van der Waals surface area contributed by atoms with Gasteiger partial charge >= 0.3 is 0 Å². The van der Waals surface area contributed by atoms with Crippen LogP contribution in [0.1, 0.15) is 20.3 Å². The van der Waals surface area contributed by atoms with Gasteiger partial charge in [0.1, 0.15) is 5.75 Å². The van der Waals surface area contributed by atoms with Crippen LogP contribution < -0.4 is 4.74 Å². The predicted octanol–water partition coefficient (Wildman–Crippen LogP) is 3.73. The second kappa shape index (κ2) is 5.81. The van der Waals surface area contributed by atoms with Crippen LogP contribution in [0, 0.1) is 16.7 Å². The number of benzene rings is 1. The van der Waals surface area contributed by atoms with Crippen molar-refractivity contribution in [2.75, 3.05) is 12.9 Å². The summed E-state index contributed by atoms with van der Waals surface area (Å²) in [5.74, 6) is 1.84. The first kappa shape index (κ1) is 12.9.